The van der Waals surface area contributed by atoms with Gasteiger partial charge in [-0.3, -0.25) is 9.20 Å². The van der Waals surface area contributed by atoms with E-state index in [0.29, 0.717) is 11.7 Å². The molecule has 0 bridgehead atoms. The number of rotatable bonds is 3. The maximum absolute atomic E-state index is 12.7. The van der Waals surface area contributed by atoms with E-state index in [1.807, 2.05) is 27.6 Å². The van der Waals surface area contributed by atoms with Crippen LogP contribution in [0.3, 0.4) is 0 Å². The summed E-state index contributed by atoms with van der Waals surface area (Å²) in [7, 11) is 0. The Morgan fingerprint density at radius 1 is 1.24 bits per heavy atom. The number of thioether (sulfide) groups is 1. The first-order chi connectivity index (χ1) is 14.0. The quantitative estimate of drug-likeness (QED) is 0.586. The van der Waals surface area contributed by atoms with Gasteiger partial charge in [0.1, 0.15) is 10.7 Å². The number of aryl methyl sites for hydroxylation is 2. The second kappa shape index (κ2) is 7.54. The van der Waals surface area contributed by atoms with Crippen molar-refractivity contribution in [3.63, 3.8) is 0 Å². The van der Waals surface area contributed by atoms with Crippen LogP contribution in [0.2, 0.25) is 0 Å². The minimum Gasteiger partial charge on any atom is -0.342 e. The topological polar surface area (TPSA) is 63.4 Å². The minimum atomic E-state index is 0.201. The Hall–Kier alpha value is -1.67. The monoisotopic (exact) mass is 429 g/mol. The van der Waals surface area contributed by atoms with Crippen molar-refractivity contribution < 1.29 is 4.79 Å². The number of hydrogen-bond donors (Lipinski definition) is 0. The molecule has 5 rings (SSSR count). The molecule has 0 N–H and O–H groups in total. The highest BCUT2D eigenvalue weighted by atomic mass is 32.2. The van der Waals surface area contributed by atoms with Gasteiger partial charge in [-0.25, -0.2) is 4.98 Å². The second-order valence-electron chi connectivity index (χ2n) is 8.71. The molecule has 1 aliphatic heterocycles. The van der Waals surface area contributed by atoms with E-state index in [9.17, 15) is 4.79 Å². The number of carbonyl (C=O) groups excluding carboxylic acids is 1. The molecule has 1 amide bonds. The van der Waals surface area contributed by atoms with Crippen LogP contribution in [0.4, 0.5) is 0 Å². The highest BCUT2D eigenvalue weighted by Crippen LogP contribution is 2.39. The molecular formula is C21H27N5OS2. The Kier molecular flexibility index (Phi) is 5.02. The molecule has 2 unspecified atom stereocenters. The van der Waals surface area contributed by atoms with Gasteiger partial charge in [0.15, 0.2) is 10.8 Å². The molecule has 0 spiro atoms. The summed E-state index contributed by atoms with van der Waals surface area (Å²) in [6.07, 6.45) is 5.78. The van der Waals surface area contributed by atoms with Crippen LogP contribution in [0.1, 0.15) is 49.4 Å². The van der Waals surface area contributed by atoms with Crippen molar-refractivity contribution in [2.45, 2.75) is 58.0 Å². The normalized spacial score (nSPS) is 22.4. The van der Waals surface area contributed by atoms with Gasteiger partial charge in [0.05, 0.1) is 11.1 Å². The predicted molar refractivity (Wildman–Crippen MR) is 118 cm³/mol. The van der Waals surface area contributed by atoms with E-state index in [2.05, 4.69) is 24.0 Å². The number of thiophene rings is 1. The van der Waals surface area contributed by atoms with Gasteiger partial charge >= 0.3 is 0 Å². The van der Waals surface area contributed by atoms with Gasteiger partial charge in [0.25, 0.3) is 0 Å². The van der Waals surface area contributed by atoms with E-state index in [4.69, 9.17) is 4.98 Å². The minimum absolute atomic E-state index is 0.201. The molecule has 0 aromatic carbocycles. The molecule has 1 saturated heterocycles. The van der Waals surface area contributed by atoms with Crippen LogP contribution in [0.15, 0.2) is 5.16 Å². The largest absolute Gasteiger partial charge is 0.342 e. The van der Waals surface area contributed by atoms with Crippen molar-refractivity contribution in [3.8, 4) is 0 Å². The molecular weight excluding hydrogens is 402 g/mol. The van der Waals surface area contributed by atoms with E-state index in [-0.39, 0.29) is 5.91 Å². The van der Waals surface area contributed by atoms with Gasteiger partial charge in [-0.2, -0.15) is 0 Å². The summed E-state index contributed by atoms with van der Waals surface area (Å²) in [6.45, 7) is 8.32. The van der Waals surface area contributed by atoms with Crippen molar-refractivity contribution >= 4 is 44.9 Å². The van der Waals surface area contributed by atoms with Crippen LogP contribution in [0, 0.1) is 18.8 Å². The maximum atomic E-state index is 12.7. The van der Waals surface area contributed by atoms with Crippen molar-refractivity contribution in [3.05, 3.63) is 16.3 Å². The van der Waals surface area contributed by atoms with E-state index < -0.39 is 0 Å². The van der Waals surface area contributed by atoms with Crippen LogP contribution < -0.4 is 0 Å². The van der Waals surface area contributed by atoms with E-state index >= 15 is 0 Å². The third-order valence-electron chi connectivity index (χ3n) is 6.27. The van der Waals surface area contributed by atoms with Crippen LogP contribution >= 0.6 is 23.1 Å². The maximum Gasteiger partial charge on any atom is 0.233 e. The molecule has 6 nitrogen and oxygen atoms in total. The van der Waals surface area contributed by atoms with Crippen molar-refractivity contribution in [1.29, 1.82) is 0 Å². The molecule has 154 valence electrons. The van der Waals surface area contributed by atoms with Crippen LogP contribution in [-0.4, -0.2) is 49.2 Å². The molecule has 2 aliphatic rings. The fourth-order valence-corrected chi connectivity index (χ4v) is 7.00. The fraction of sp³-hybridized carbons (Fsp3) is 0.619. The van der Waals surface area contributed by atoms with Gasteiger partial charge in [-0.15, -0.1) is 21.5 Å². The van der Waals surface area contributed by atoms with Crippen molar-refractivity contribution in [1.82, 2.24) is 24.5 Å². The molecule has 29 heavy (non-hydrogen) atoms. The first kappa shape index (κ1) is 19.3. The van der Waals surface area contributed by atoms with E-state index in [1.54, 1.807) is 0 Å². The lowest BCUT2D eigenvalue weighted by Gasteiger charge is -2.30. The second-order valence-corrected chi connectivity index (χ2v) is 10.7. The van der Waals surface area contributed by atoms with Crippen molar-refractivity contribution in [2.24, 2.45) is 11.8 Å². The molecule has 2 atom stereocenters. The summed E-state index contributed by atoms with van der Waals surface area (Å²) in [6, 6.07) is 0. The number of amides is 1. The third kappa shape index (κ3) is 3.44. The third-order valence-corrected chi connectivity index (χ3v) is 8.33. The van der Waals surface area contributed by atoms with Crippen LogP contribution in [-0.2, 0) is 17.6 Å². The molecule has 3 aromatic heterocycles. The summed E-state index contributed by atoms with van der Waals surface area (Å²) >= 11 is 3.30. The fourth-order valence-electron chi connectivity index (χ4n) is 4.69. The lowest BCUT2D eigenvalue weighted by Crippen LogP contribution is -2.40. The Bertz CT molecular complexity index is 1090. The molecule has 4 heterocycles. The number of hydrogen-bond acceptors (Lipinski definition) is 6. The SMILES string of the molecule is Cc1nc2sc3c(c2c2nnc(SCC(=O)N4CCCC(C)C4)n12)CCC(C)C3. The Morgan fingerprint density at radius 2 is 2.10 bits per heavy atom. The van der Waals surface area contributed by atoms with Gasteiger partial charge in [-0.05, 0) is 56.4 Å². The standard InChI is InChI=1S/C21H27N5OS2/c1-12-6-7-15-16(9-12)29-20-18(15)19-23-24-21(26(19)14(3)22-20)28-11-17(27)25-8-4-5-13(2)10-25/h12-13H,4-11H2,1-3H3. The number of carbonyl (C=O) groups is 1. The first-order valence-electron chi connectivity index (χ1n) is 10.6. The zero-order valence-corrected chi connectivity index (χ0v) is 18.9. The predicted octanol–water partition coefficient (Wildman–Crippen LogP) is 4.12. The highest BCUT2D eigenvalue weighted by Gasteiger charge is 2.26. The molecule has 1 aliphatic carbocycles. The Balaban J connectivity index is 1.45. The summed E-state index contributed by atoms with van der Waals surface area (Å²) in [4.78, 5) is 22.1. The summed E-state index contributed by atoms with van der Waals surface area (Å²) in [5.41, 5.74) is 2.32. The summed E-state index contributed by atoms with van der Waals surface area (Å²) in [5, 5.41) is 10.9. The molecule has 3 aromatic rings. The van der Waals surface area contributed by atoms with Crippen LogP contribution in [0.5, 0.6) is 0 Å². The summed E-state index contributed by atoms with van der Waals surface area (Å²) in [5.74, 6) is 2.83. The van der Waals surface area contributed by atoms with Gasteiger partial charge in [-0.1, -0.05) is 25.6 Å². The van der Waals surface area contributed by atoms with E-state index in [0.717, 1.165) is 59.7 Å². The lowest BCUT2D eigenvalue weighted by atomic mass is 9.89. The zero-order chi connectivity index (χ0) is 20.1. The number of piperidine rings is 1. The molecule has 0 radical (unpaired) electrons. The number of fused-ring (bicyclic) bond motifs is 5. The van der Waals surface area contributed by atoms with Gasteiger partial charge in [0.2, 0.25) is 5.91 Å². The average molecular weight is 430 g/mol. The number of likely N-dealkylation sites (tertiary alicyclic amines) is 1. The lowest BCUT2D eigenvalue weighted by molar-refractivity contribution is -0.130. The summed E-state index contributed by atoms with van der Waals surface area (Å²) < 4.78 is 2.05. The van der Waals surface area contributed by atoms with Gasteiger partial charge < -0.3 is 4.90 Å². The Labute approximate surface area is 179 Å². The molecule has 1 fully saturated rings. The average Bonchev–Trinajstić information content (AvgIpc) is 3.26. The molecule has 8 heteroatoms. The van der Waals surface area contributed by atoms with Crippen molar-refractivity contribution in [2.75, 3.05) is 18.8 Å². The van der Waals surface area contributed by atoms with Gasteiger partial charge in [0, 0.05) is 18.0 Å². The molecule has 0 saturated carbocycles. The number of aromatic nitrogens is 4. The first-order valence-corrected chi connectivity index (χ1v) is 12.4. The smallest absolute Gasteiger partial charge is 0.233 e. The van der Waals surface area contributed by atoms with Crippen LogP contribution in [0.25, 0.3) is 15.9 Å². The zero-order valence-electron chi connectivity index (χ0n) is 17.3. The highest BCUT2D eigenvalue weighted by molar-refractivity contribution is 7.99. The van der Waals surface area contributed by atoms with E-state index in [1.165, 1.54) is 40.4 Å². The Morgan fingerprint density at radius 3 is 2.93 bits per heavy atom. The number of nitrogens with zero attached hydrogens (tertiary/aromatic N) is 5.